The molecule has 2 bridgehead atoms. The lowest BCUT2D eigenvalue weighted by atomic mass is 9.58. The smallest absolute Gasteiger partial charge is 0.248 e. The number of ether oxygens (including phenoxy) is 1. The van der Waals surface area contributed by atoms with Gasteiger partial charge in [-0.15, -0.1) is 11.6 Å². The van der Waals surface area contributed by atoms with Gasteiger partial charge in [-0.1, -0.05) is 84.8 Å². The lowest BCUT2D eigenvalue weighted by Crippen LogP contribution is -2.72. The summed E-state index contributed by atoms with van der Waals surface area (Å²) in [4.78, 5) is 195. The fourth-order valence-corrected chi connectivity index (χ4v) is 18.4. The topological polar surface area (TPSA) is 279 Å². The maximum atomic E-state index is 15.9. The van der Waals surface area contributed by atoms with Crippen molar-refractivity contribution in [2.45, 2.75) is 293 Å². The van der Waals surface area contributed by atoms with Crippen molar-refractivity contribution < 1.29 is 62.3 Å². The van der Waals surface area contributed by atoms with Gasteiger partial charge in [-0.2, -0.15) is 0 Å². The number of nitrogens with zero attached hydrogens (tertiary/aromatic N) is 9. The van der Waals surface area contributed by atoms with Gasteiger partial charge in [-0.05, 0) is 177 Å². The maximum absolute atomic E-state index is 15.9. The van der Waals surface area contributed by atoms with E-state index in [1.54, 1.807) is 26.0 Å². The number of allylic oxidation sites excluding steroid dienone is 2. The molecule has 0 aromatic carbocycles. The molecule has 3 heterocycles. The van der Waals surface area contributed by atoms with Gasteiger partial charge in [0.05, 0.1) is 25.6 Å². The lowest BCUT2D eigenvalue weighted by Gasteiger charge is -2.55. The van der Waals surface area contributed by atoms with Gasteiger partial charge in [0.25, 0.3) is 0 Å². The fraction of sp³-hybridized carbons (Fsp3) is 0.823. The number of fused-ring (bicyclic) bond motifs is 3. The average molecular weight is 1490 g/mol. The molecule has 3 aliphatic heterocycles. The van der Waals surface area contributed by atoms with Crippen LogP contribution in [0.25, 0.3) is 0 Å². The summed E-state index contributed by atoms with van der Waals surface area (Å²) in [5.41, 5.74) is -1.98. The Morgan fingerprint density at radius 2 is 1.22 bits per heavy atom. The van der Waals surface area contributed by atoms with Gasteiger partial charge in [0, 0.05) is 93.9 Å². The summed E-state index contributed by atoms with van der Waals surface area (Å²) in [5.74, 6) is -6.01. The zero-order valence-electron chi connectivity index (χ0n) is 65.8. The van der Waals surface area contributed by atoms with Crippen LogP contribution in [0.5, 0.6) is 0 Å². The number of amides is 12. The molecule has 0 radical (unpaired) electrons. The van der Waals surface area contributed by atoms with Gasteiger partial charge in [0.2, 0.25) is 70.9 Å². The zero-order chi connectivity index (χ0) is 76.8. The number of halogens is 1. The predicted octanol–water partition coefficient (Wildman–Crippen LogP) is 7.05. The summed E-state index contributed by atoms with van der Waals surface area (Å²) in [5, 5.41) is 9.34. The van der Waals surface area contributed by atoms with E-state index in [4.69, 9.17) is 16.3 Å². The zero-order valence-corrected chi connectivity index (χ0v) is 66.5. The van der Waals surface area contributed by atoms with Crippen molar-refractivity contribution in [1.29, 1.82) is 0 Å². The molecule has 9 atom stereocenters. The third kappa shape index (κ3) is 21.5. The van der Waals surface area contributed by atoms with Crippen molar-refractivity contribution in [3.05, 3.63) is 12.2 Å². The Bertz CT molecular complexity index is 3080. The fourth-order valence-electron chi connectivity index (χ4n) is 18.1. The first-order chi connectivity index (χ1) is 49.8. The number of carbonyl (C=O) groups excluding carboxylic acids is 12. The van der Waals surface area contributed by atoms with Crippen molar-refractivity contribution in [3.63, 3.8) is 0 Å². The van der Waals surface area contributed by atoms with Crippen molar-refractivity contribution in [1.82, 2.24) is 60.0 Å². The maximum Gasteiger partial charge on any atom is 0.248 e. The normalized spacial score (nSPS) is 32.2. The van der Waals surface area contributed by atoms with Crippen LogP contribution in [-0.4, -0.2) is 270 Å². The van der Waals surface area contributed by atoms with E-state index in [-0.39, 0.29) is 86.8 Å². The van der Waals surface area contributed by atoms with Gasteiger partial charge >= 0.3 is 0 Å². The molecule has 25 nitrogen and oxygen atoms in total. The first kappa shape index (κ1) is 84.3. The number of hydrogen-bond acceptors (Lipinski definition) is 13. The van der Waals surface area contributed by atoms with E-state index in [0.717, 1.165) is 64.2 Å². The van der Waals surface area contributed by atoms with Crippen LogP contribution in [0, 0.1) is 35.0 Å². The summed E-state index contributed by atoms with van der Waals surface area (Å²) >= 11 is 6.62. The first-order valence-corrected chi connectivity index (χ1v) is 40.4. The Hall–Kier alpha value is -6.37. The molecule has 26 heteroatoms. The van der Waals surface area contributed by atoms with E-state index < -0.39 is 150 Å². The van der Waals surface area contributed by atoms with E-state index in [0.29, 0.717) is 96.0 Å². The van der Waals surface area contributed by atoms with Crippen LogP contribution in [0.3, 0.4) is 0 Å². The van der Waals surface area contributed by atoms with Crippen LogP contribution in [0.1, 0.15) is 227 Å². The van der Waals surface area contributed by atoms with Crippen LogP contribution in [0.15, 0.2) is 12.2 Å². The van der Waals surface area contributed by atoms with Gasteiger partial charge < -0.3 is 64.8 Å². The summed E-state index contributed by atoms with van der Waals surface area (Å²) in [6.45, 7) is 9.77. The van der Waals surface area contributed by atoms with Gasteiger partial charge in [0.1, 0.15) is 47.8 Å². The molecule has 2 saturated heterocycles. The SMILES string of the molecule is CCC[C@H]1CC(=O)N[C@@H](C2CCC2)C(=O)N(C)CC(=O)N(C)[C@H]2CC/C=C\CCCN(C2=O)[C@@H](CC2CCC(C)CC2)C(=O)N(C)CC(=O)N[C@@H](CCC2CCC(Cl)CC2)C(=O)N2CC[C@H](OCC)CC[C@H]2C(=O)NC2(CC(C)(C)C2)C(=O)N(C)[C@@H](C2CCC2)C(=O)N(C)[C@H](C(=O)N(C)C)CC(=O)N1C. The summed E-state index contributed by atoms with van der Waals surface area (Å²) in [7, 11) is 12.2. The van der Waals surface area contributed by atoms with Crippen LogP contribution >= 0.6 is 11.6 Å². The number of carbonyl (C=O) groups is 12. The highest BCUT2D eigenvalue weighted by Gasteiger charge is 2.59. The van der Waals surface area contributed by atoms with E-state index >= 15 is 33.6 Å². The molecule has 3 N–H and O–H groups in total. The Balaban J connectivity index is 1.19. The van der Waals surface area contributed by atoms with Gasteiger partial charge in [-0.3, -0.25) is 57.5 Å². The van der Waals surface area contributed by atoms with Crippen molar-refractivity contribution in [2.75, 3.05) is 89.2 Å². The molecule has 105 heavy (non-hydrogen) atoms. The number of nitrogens with one attached hydrogen (secondary N) is 3. The molecule has 8 rings (SSSR count). The van der Waals surface area contributed by atoms with Crippen LogP contribution in [0.2, 0.25) is 0 Å². The standard InChI is InChI=1S/C79H129ClN12O13/c1-14-23-57-45-64(93)82-68(54-24-21-25-54)75(102)86(9)48-67(96)88(11)61-28-19-17-16-18-20-42-91(74(61)101)63(44-53-31-29-51(3)30-32-53)73(100)85(8)47-65(94)81-59(39-35-52-33-36-56(80)37-34-52)71(98)92-43-41-58(105-15-2)38-40-60(92)70(97)83-79(49-78(4,5)50-79)77(104)90(13)69(55-26-22-27-55)76(103)89(12)62(72(99)84(6)7)46-66(95)87(57)10/h16-17,51-63,68-69H,14-15,18-50H2,1-13H3,(H,81,94)(H,82,93)(H,83,97)/b17-16-/t51?,52?,53?,56?,57-,58+,59-,60-,61-,62-,63-,68-,69-/m0/s1. The van der Waals surface area contributed by atoms with Crippen molar-refractivity contribution >= 4 is 82.5 Å². The van der Waals surface area contributed by atoms with Gasteiger partial charge in [-0.25, -0.2) is 0 Å². The molecule has 5 saturated carbocycles. The Morgan fingerprint density at radius 1 is 0.581 bits per heavy atom. The molecular formula is C79H129ClN12O13. The second kappa shape index (κ2) is 38.1. The minimum Gasteiger partial charge on any atom is -0.378 e. The van der Waals surface area contributed by atoms with Crippen LogP contribution in [-0.2, 0) is 62.3 Å². The van der Waals surface area contributed by atoms with E-state index in [2.05, 4.69) is 22.9 Å². The summed E-state index contributed by atoms with van der Waals surface area (Å²) < 4.78 is 6.21. The van der Waals surface area contributed by atoms with Crippen molar-refractivity contribution in [3.8, 4) is 0 Å². The molecule has 7 fully saturated rings. The van der Waals surface area contributed by atoms with E-state index in [1.807, 2.05) is 39.8 Å². The Labute approximate surface area is 630 Å². The third-order valence-electron chi connectivity index (χ3n) is 24.9. The van der Waals surface area contributed by atoms with Crippen molar-refractivity contribution in [2.24, 2.45) is 35.0 Å². The third-order valence-corrected chi connectivity index (χ3v) is 25.4. The van der Waals surface area contributed by atoms with Crippen LogP contribution < -0.4 is 16.0 Å². The molecule has 0 aromatic rings. The largest absolute Gasteiger partial charge is 0.378 e. The highest BCUT2D eigenvalue weighted by molar-refractivity contribution is 6.20. The highest BCUT2D eigenvalue weighted by atomic mass is 35.5. The molecule has 12 amide bonds. The van der Waals surface area contributed by atoms with Gasteiger partial charge in [0.15, 0.2) is 0 Å². The Kier molecular flexibility index (Phi) is 30.6. The number of rotatable bonds is 12. The molecule has 1 spiro atoms. The molecule has 8 aliphatic rings. The summed E-state index contributed by atoms with van der Waals surface area (Å²) in [6, 6.07) is -8.54. The molecular weight excluding hydrogens is 1360 g/mol. The second-order valence-electron chi connectivity index (χ2n) is 33.7. The quantitative estimate of drug-likeness (QED) is 0.131. The molecule has 0 unspecified atom stereocenters. The predicted molar refractivity (Wildman–Crippen MR) is 401 cm³/mol. The highest BCUT2D eigenvalue weighted by Crippen LogP contribution is 2.50. The lowest BCUT2D eigenvalue weighted by molar-refractivity contribution is -0.162. The molecule has 590 valence electrons. The average Bonchev–Trinajstić information content (AvgIpc) is 0.887. The Morgan fingerprint density at radius 3 is 1.83 bits per heavy atom. The number of likely N-dealkylation sites (N-methyl/N-ethyl adjacent to an activating group) is 6. The van der Waals surface area contributed by atoms with Crippen LogP contribution in [0.4, 0.5) is 0 Å². The minimum absolute atomic E-state index is 0.0379. The van der Waals surface area contributed by atoms with E-state index in [1.165, 1.54) is 74.4 Å². The van der Waals surface area contributed by atoms with E-state index in [9.17, 15) is 24.0 Å². The second-order valence-corrected chi connectivity index (χ2v) is 34.4. The first-order valence-electron chi connectivity index (χ1n) is 40.0. The number of alkyl halides is 1. The summed E-state index contributed by atoms with van der Waals surface area (Å²) in [6.07, 6.45) is 19.2. The molecule has 0 aromatic heterocycles. The number of hydrogen-bond donors (Lipinski definition) is 3. The minimum atomic E-state index is -1.54. The molecule has 5 aliphatic carbocycles. The monoisotopic (exact) mass is 1490 g/mol.